The van der Waals surface area contributed by atoms with Gasteiger partial charge in [-0.25, -0.2) is 0 Å². The quantitative estimate of drug-likeness (QED) is 0.533. The van der Waals surface area contributed by atoms with E-state index in [0.717, 1.165) is 0 Å². The fourth-order valence-electron chi connectivity index (χ4n) is 2.91. The average Bonchev–Trinajstić information content (AvgIpc) is 1.99. The zero-order valence-corrected chi connectivity index (χ0v) is 10.5. The first-order valence-electron chi connectivity index (χ1n) is 5.61. The molecule has 1 aliphatic carbocycles. The van der Waals surface area contributed by atoms with Crippen LogP contribution in [-0.4, -0.2) is 0 Å². The van der Waals surface area contributed by atoms with Crippen molar-refractivity contribution in [3.8, 4) is 0 Å². The van der Waals surface area contributed by atoms with Gasteiger partial charge in [-0.3, -0.25) is 0 Å². The van der Waals surface area contributed by atoms with Crippen LogP contribution in [0.5, 0.6) is 0 Å². The number of allylic oxidation sites excluding steroid dienone is 4. The van der Waals surface area contributed by atoms with E-state index in [9.17, 15) is 0 Å². The lowest BCUT2D eigenvalue weighted by Crippen LogP contribution is -2.33. The average molecular weight is 192 g/mol. The number of hydrogen-bond donors (Lipinski definition) is 0. The highest BCUT2D eigenvalue weighted by Crippen LogP contribution is 2.47. The summed E-state index contributed by atoms with van der Waals surface area (Å²) in [6.07, 6.45) is 8.30. The van der Waals surface area contributed by atoms with Gasteiger partial charge in [-0.1, -0.05) is 51.5 Å². The van der Waals surface area contributed by atoms with Gasteiger partial charge in [0.1, 0.15) is 0 Å². The minimum absolute atomic E-state index is 0.369. The maximum atomic E-state index is 2.40. The second-order valence-electron chi connectivity index (χ2n) is 6.02. The largest absolute Gasteiger partial charge is 0.0881 e. The molecule has 0 amide bonds. The molecule has 80 valence electrons. The third kappa shape index (κ3) is 2.29. The van der Waals surface area contributed by atoms with Crippen molar-refractivity contribution in [3.63, 3.8) is 0 Å². The Morgan fingerprint density at radius 2 is 1.86 bits per heavy atom. The van der Waals surface area contributed by atoms with Crippen LogP contribution in [0.2, 0.25) is 0 Å². The molecule has 0 bridgehead atoms. The summed E-state index contributed by atoms with van der Waals surface area (Å²) in [6, 6.07) is 0. The van der Waals surface area contributed by atoms with Gasteiger partial charge in [-0.2, -0.15) is 0 Å². The van der Waals surface area contributed by atoms with Crippen LogP contribution in [0.4, 0.5) is 0 Å². The molecule has 0 radical (unpaired) electrons. The third-order valence-electron chi connectivity index (χ3n) is 3.44. The molecular formula is C14H24. The molecule has 0 aromatic rings. The predicted molar refractivity (Wildman–Crippen MR) is 64.2 cm³/mol. The predicted octanol–water partition coefficient (Wildman–Crippen LogP) is 4.58. The zero-order valence-electron chi connectivity index (χ0n) is 10.5. The summed E-state index contributed by atoms with van der Waals surface area (Å²) in [6.45, 7) is 13.8. The Hall–Kier alpha value is -0.520. The SMILES string of the molecule is C/C=C(\C)C1C=CC(C)(C)CC1(C)C. The lowest BCUT2D eigenvalue weighted by Gasteiger charge is -2.43. The highest BCUT2D eigenvalue weighted by Gasteiger charge is 2.37. The first-order valence-corrected chi connectivity index (χ1v) is 5.61. The van der Waals surface area contributed by atoms with Gasteiger partial charge in [-0.05, 0) is 31.1 Å². The maximum Gasteiger partial charge on any atom is 0.00256 e. The van der Waals surface area contributed by atoms with E-state index in [0.29, 0.717) is 16.7 Å². The highest BCUT2D eigenvalue weighted by molar-refractivity contribution is 5.20. The Morgan fingerprint density at radius 3 is 2.29 bits per heavy atom. The van der Waals surface area contributed by atoms with Crippen LogP contribution >= 0.6 is 0 Å². The molecule has 0 aromatic carbocycles. The molecule has 1 unspecified atom stereocenters. The smallest absolute Gasteiger partial charge is 0.00256 e. The summed E-state index contributed by atoms with van der Waals surface area (Å²) in [4.78, 5) is 0. The van der Waals surface area contributed by atoms with E-state index < -0.39 is 0 Å². The third-order valence-corrected chi connectivity index (χ3v) is 3.44. The molecule has 1 aliphatic rings. The van der Waals surface area contributed by atoms with Crippen LogP contribution in [0.25, 0.3) is 0 Å². The molecule has 0 fully saturated rings. The van der Waals surface area contributed by atoms with Gasteiger partial charge in [0.05, 0.1) is 0 Å². The van der Waals surface area contributed by atoms with Crippen LogP contribution in [0.1, 0.15) is 48.0 Å². The maximum absolute atomic E-state index is 2.40. The normalized spacial score (nSPS) is 30.4. The van der Waals surface area contributed by atoms with Gasteiger partial charge < -0.3 is 0 Å². The van der Waals surface area contributed by atoms with Crippen LogP contribution in [0.15, 0.2) is 23.8 Å². The molecule has 1 atom stereocenters. The summed E-state index contributed by atoms with van der Waals surface area (Å²) < 4.78 is 0. The summed E-state index contributed by atoms with van der Waals surface area (Å²) >= 11 is 0. The summed E-state index contributed by atoms with van der Waals surface area (Å²) in [5.74, 6) is 0.625. The first-order chi connectivity index (χ1) is 6.28. The van der Waals surface area contributed by atoms with Crippen molar-refractivity contribution >= 4 is 0 Å². The van der Waals surface area contributed by atoms with Gasteiger partial charge in [0.15, 0.2) is 0 Å². The Balaban J connectivity index is 3.00. The van der Waals surface area contributed by atoms with E-state index in [-0.39, 0.29) is 0 Å². The first kappa shape index (κ1) is 11.6. The van der Waals surface area contributed by atoms with E-state index in [1.165, 1.54) is 12.0 Å². The molecule has 0 N–H and O–H groups in total. The lowest BCUT2D eigenvalue weighted by atomic mass is 9.62. The van der Waals surface area contributed by atoms with Gasteiger partial charge in [0.2, 0.25) is 0 Å². The zero-order chi connectivity index (χ0) is 11.0. The van der Waals surface area contributed by atoms with Crippen molar-refractivity contribution < 1.29 is 0 Å². The van der Waals surface area contributed by atoms with Gasteiger partial charge >= 0.3 is 0 Å². The summed E-state index contributed by atoms with van der Waals surface area (Å²) in [5.41, 5.74) is 2.27. The summed E-state index contributed by atoms with van der Waals surface area (Å²) in [7, 11) is 0. The van der Waals surface area contributed by atoms with Crippen LogP contribution < -0.4 is 0 Å². The molecule has 0 heterocycles. The number of hydrogen-bond acceptors (Lipinski definition) is 0. The van der Waals surface area contributed by atoms with Gasteiger partial charge in [-0.15, -0.1) is 0 Å². The Kier molecular flexibility index (Phi) is 2.94. The standard InChI is InChI=1S/C14H24/c1-7-11(2)12-8-9-13(3,4)10-14(12,5)6/h7-9,12H,10H2,1-6H3/b11-7+. The van der Waals surface area contributed by atoms with Crippen LogP contribution in [-0.2, 0) is 0 Å². The molecule has 0 aromatic heterocycles. The second kappa shape index (κ2) is 3.56. The van der Waals surface area contributed by atoms with Crippen molar-refractivity contribution in [2.75, 3.05) is 0 Å². The molecular weight excluding hydrogens is 168 g/mol. The van der Waals surface area contributed by atoms with Gasteiger partial charge in [0.25, 0.3) is 0 Å². The van der Waals surface area contributed by atoms with Crippen molar-refractivity contribution in [2.24, 2.45) is 16.7 Å². The molecule has 0 nitrogen and oxygen atoms in total. The minimum atomic E-state index is 0.369. The van der Waals surface area contributed by atoms with Crippen LogP contribution in [0.3, 0.4) is 0 Å². The van der Waals surface area contributed by atoms with E-state index in [1.807, 2.05) is 0 Å². The van der Waals surface area contributed by atoms with Crippen molar-refractivity contribution in [1.82, 2.24) is 0 Å². The molecule has 0 saturated heterocycles. The molecule has 0 heteroatoms. The van der Waals surface area contributed by atoms with Crippen LogP contribution in [0, 0.1) is 16.7 Å². The Bertz CT molecular complexity index is 264. The van der Waals surface area contributed by atoms with E-state index in [1.54, 1.807) is 0 Å². The number of rotatable bonds is 1. The summed E-state index contributed by atoms with van der Waals surface area (Å²) in [5, 5.41) is 0. The van der Waals surface area contributed by atoms with E-state index in [2.05, 4.69) is 59.8 Å². The topological polar surface area (TPSA) is 0 Å². The second-order valence-corrected chi connectivity index (χ2v) is 6.02. The van der Waals surface area contributed by atoms with Crippen molar-refractivity contribution in [1.29, 1.82) is 0 Å². The Labute approximate surface area is 89.1 Å². The van der Waals surface area contributed by atoms with Crippen molar-refractivity contribution in [2.45, 2.75) is 48.0 Å². The molecule has 14 heavy (non-hydrogen) atoms. The molecule has 0 spiro atoms. The van der Waals surface area contributed by atoms with E-state index >= 15 is 0 Å². The fraction of sp³-hybridized carbons (Fsp3) is 0.714. The van der Waals surface area contributed by atoms with Crippen molar-refractivity contribution in [3.05, 3.63) is 23.8 Å². The fourth-order valence-corrected chi connectivity index (χ4v) is 2.91. The minimum Gasteiger partial charge on any atom is -0.0881 e. The van der Waals surface area contributed by atoms with E-state index in [4.69, 9.17) is 0 Å². The molecule has 1 rings (SSSR count). The lowest BCUT2D eigenvalue weighted by molar-refractivity contribution is 0.175. The van der Waals surface area contributed by atoms with Gasteiger partial charge in [0, 0.05) is 5.92 Å². The Morgan fingerprint density at radius 1 is 1.29 bits per heavy atom. The molecule has 0 aliphatic heterocycles. The monoisotopic (exact) mass is 192 g/mol. The molecule has 0 saturated carbocycles. The highest BCUT2D eigenvalue weighted by atomic mass is 14.4.